The van der Waals surface area contributed by atoms with Gasteiger partial charge in [0.25, 0.3) is 0 Å². The van der Waals surface area contributed by atoms with Crippen LogP contribution in [0.15, 0.2) is 17.9 Å². The number of ether oxygens (including phenoxy) is 1. The van der Waals surface area contributed by atoms with Gasteiger partial charge in [-0.15, -0.1) is 11.3 Å². The van der Waals surface area contributed by atoms with Crippen LogP contribution in [0.25, 0.3) is 0 Å². The van der Waals surface area contributed by atoms with Crippen LogP contribution in [0.3, 0.4) is 0 Å². The van der Waals surface area contributed by atoms with Gasteiger partial charge in [-0.25, -0.2) is 14.8 Å². The van der Waals surface area contributed by atoms with Crippen LogP contribution in [0.1, 0.15) is 29.2 Å². The van der Waals surface area contributed by atoms with Gasteiger partial charge >= 0.3 is 12.1 Å². The van der Waals surface area contributed by atoms with E-state index >= 15 is 0 Å². The van der Waals surface area contributed by atoms with Crippen LogP contribution >= 0.6 is 11.3 Å². The van der Waals surface area contributed by atoms with E-state index < -0.39 is 12.1 Å². The molecule has 1 atom stereocenters. The fourth-order valence-corrected chi connectivity index (χ4v) is 3.50. The number of fused-ring (bicyclic) bond motifs is 1. The molecule has 0 saturated carbocycles. The van der Waals surface area contributed by atoms with Crippen molar-refractivity contribution in [1.29, 1.82) is 0 Å². The van der Waals surface area contributed by atoms with E-state index in [4.69, 9.17) is 14.6 Å². The van der Waals surface area contributed by atoms with Crippen LogP contribution in [0.2, 0.25) is 0 Å². The number of aromatic nitrogens is 3. The first-order valence-corrected chi connectivity index (χ1v) is 9.09. The summed E-state index contributed by atoms with van der Waals surface area (Å²) in [5.74, 6) is -2.36. The molecule has 1 N–H and O–H groups in total. The molecule has 0 bridgehead atoms. The van der Waals surface area contributed by atoms with Crippen LogP contribution < -0.4 is 0 Å². The maximum absolute atomic E-state index is 10.6. The molecular weight excluding hydrogens is 385 g/mol. The average molecular weight is 406 g/mol. The van der Waals surface area contributed by atoms with Crippen LogP contribution in [0.4, 0.5) is 13.2 Å². The van der Waals surface area contributed by atoms with Gasteiger partial charge in [0.2, 0.25) is 0 Å². The van der Waals surface area contributed by atoms with Gasteiger partial charge in [-0.3, -0.25) is 4.90 Å². The molecule has 2 aromatic heterocycles. The van der Waals surface area contributed by atoms with Crippen LogP contribution in [-0.2, 0) is 29.7 Å². The summed E-state index contributed by atoms with van der Waals surface area (Å²) < 4.78 is 39.5. The Morgan fingerprint density at radius 2 is 2.15 bits per heavy atom. The van der Waals surface area contributed by atoms with Crippen molar-refractivity contribution in [3.8, 4) is 0 Å². The number of carbonyl (C=O) groups is 1. The van der Waals surface area contributed by atoms with Crippen LogP contribution in [-0.4, -0.2) is 56.4 Å². The monoisotopic (exact) mass is 406 g/mol. The van der Waals surface area contributed by atoms with Crippen molar-refractivity contribution >= 4 is 17.3 Å². The molecule has 27 heavy (non-hydrogen) atoms. The van der Waals surface area contributed by atoms with Gasteiger partial charge in [-0.05, 0) is 6.92 Å². The molecule has 1 aliphatic heterocycles. The number of carboxylic acids is 1. The summed E-state index contributed by atoms with van der Waals surface area (Å²) in [6.45, 7) is 6.37. The predicted octanol–water partition coefficient (Wildman–Crippen LogP) is 2.65. The molecule has 150 valence electrons. The number of hydrogen-bond donors (Lipinski definition) is 1. The minimum atomic E-state index is -5.08. The zero-order valence-electron chi connectivity index (χ0n) is 14.9. The van der Waals surface area contributed by atoms with E-state index in [1.54, 1.807) is 11.3 Å². The van der Waals surface area contributed by atoms with Gasteiger partial charge in [-0.1, -0.05) is 0 Å². The highest BCUT2D eigenvalue weighted by atomic mass is 32.1. The van der Waals surface area contributed by atoms with E-state index in [9.17, 15) is 13.2 Å². The van der Waals surface area contributed by atoms with Crippen molar-refractivity contribution in [3.63, 3.8) is 0 Å². The first-order chi connectivity index (χ1) is 12.7. The molecule has 3 heterocycles. The average Bonchev–Trinajstić information content (AvgIpc) is 3.22. The van der Waals surface area contributed by atoms with Crippen molar-refractivity contribution in [3.05, 3.63) is 34.3 Å². The number of carboxylic acid groups (broad SMARTS) is 1. The first-order valence-electron chi connectivity index (χ1n) is 8.21. The number of thiazole rings is 1. The van der Waals surface area contributed by atoms with Gasteiger partial charge in [0.1, 0.15) is 5.01 Å². The third kappa shape index (κ3) is 6.01. The van der Waals surface area contributed by atoms with Crippen molar-refractivity contribution in [1.82, 2.24) is 19.4 Å². The number of alkyl halides is 3. The third-order valence-electron chi connectivity index (χ3n) is 3.91. The summed E-state index contributed by atoms with van der Waals surface area (Å²) in [5.41, 5.74) is 2.51. The maximum atomic E-state index is 10.6. The Morgan fingerprint density at radius 3 is 2.70 bits per heavy atom. The highest BCUT2D eigenvalue weighted by Gasteiger charge is 2.38. The molecule has 1 aliphatic rings. The topological polar surface area (TPSA) is 80.5 Å². The molecule has 2 aromatic rings. The lowest BCUT2D eigenvalue weighted by atomic mass is 9.99. The number of rotatable bonds is 5. The molecule has 0 saturated heterocycles. The largest absolute Gasteiger partial charge is 0.490 e. The smallest absolute Gasteiger partial charge is 0.475 e. The van der Waals surface area contributed by atoms with E-state index in [2.05, 4.69) is 26.5 Å². The summed E-state index contributed by atoms with van der Waals surface area (Å²) in [7, 11) is 2.07. The fraction of sp³-hybridized carbons (Fsp3) is 0.562. The lowest BCUT2D eigenvalue weighted by Gasteiger charge is -2.32. The Morgan fingerprint density at radius 1 is 1.44 bits per heavy atom. The number of halogens is 3. The molecule has 11 heteroatoms. The van der Waals surface area contributed by atoms with Crippen LogP contribution in [0, 0.1) is 0 Å². The molecule has 1 unspecified atom stereocenters. The first kappa shape index (κ1) is 21.3. The second-order valence-corrected chi connectivity index (χ2v) is 6.92. The maximum Gasteiger partial charge on any atom is 0.490 e. The van der Waals surface area contributed by atoms with Gasteiger partial charge in [0, 0.05) is 49.9 Å². The number of nitrogens with zero attached hydrogens (tertiary/aromatic N) is 4. The van der Waals surface area contributed by atoms with Crippen molar-refractivity contribution in [2.45, 2.75) is 32.1 Å². The zero-order chi connectivity index (χ0) is 20.0. The molecule has 3 rings (SSSR count). The zero-order valence-corrected chi connectivity index (χ0v) is 15.8. The van der Waals surface area contributed by atoms with Crippen molar-refractivity contribution in [2.75, 3.05) is 19.8 Å². The molecule has 0 aromatic carbocycles. The van der Waals surface area contributed by atoms with E-state index in [-0.39, 0.29) is 0 Å². The Balaban J connectivity index is 0.000000321. The second kappa shape index (κ2) is 9.29. The van der Waals surface area contributed by atoms with Gasteiger partial charge < -0.3 is 14.4 Å². The highest BCUT2D eigenvalue weighted by molar-refractivity contribution is 7.09. The second-order valence-electron chi connectivity index (χ2n) is 5.94. The Kier molecular flexibility index (Phi) is 7.33. The summed E-state index contributed by atoms with van der Waals surface area (Å²) in [5, 5.41) is 10.3. The minimum Gasteiger partial charge on any atom is -0.475 e. The minimum absolute atomic E-state index is 0.395. The normalized spacial score (nSPS) is 17.1. The van der Waals surface area contributed by atoms with E-state index in [1.165, 1.54) is 16.4 Å². The molecular formula is C16H21F3N4O3S. The summed E-state index contributed by atoms with van der Waals surface area (Å²) in [4.78, 5) is 20.2. The summed E-state index contributed by atoms with van der Waals surface area (Å²) in [6, 6.07) is 0. The molecule has 0 amide bonds. The molecule has 0 fully saturated rings. The predicted molar refractivity (Wildman–Crippen MR) is 92.4 cm³/mol. The van der Waals surface area contributed by atoms with Gasteiger partial charge in [0.15, 0.2) is 0 Å². The lowest BCUT2D eigenvalue weighted by Crippen LogP contribution is -2.36. The lowest BCUT2D eigenvalue weighted by molar-refractivity contribution is -0.192. The third-order valence-corrected chi connectivity index (χ3v) is 4.67. The van der Waals surface area contributed by atoms with E-state index in [0.29, 0.717) is 5.92 Å². The number of aliphatic carboxylic acids is 1. The highest BCUT2D eigenvalue weighted by Crippen LogP contribution is 2.28. The summed E-state index contributed by atoms with van der Waals surface area (Å²) in [6.07, 6.45) is -1.30. The SMILES string of the molecule is CCOCC1CN(Cc2nccs2)Cc2ncn(C)c21.O=C(O)C(F)(F)F. The van der Waals surface area contributed by atoms with Gasteiger partial charge in [-0.2, -0.15) is 13.2 Å². The number of hydrogen-bond acceptors (Lipinski definition) is 6. The van der Waals surface area contributed by atoms with E-state index in [1.807, 2.05) is 24.8 Å². The quantitative estimate of drug-likeness (QED) is 0.822. The summed E-state index contributed by atoms with van der Waals surface area (Å²) >= 11 is 1.71. The number of aryl methyl sites for hydroxylation is 1. The Bertz CT molecular complexity index is 734. The van der Waals surface area contributed by atoms with Crippen molar-refractivity contribution < 1.29 is 27.8 Å². The molecule has 0 radical (unpaired) electrons. The Labute approximate surface area is 158 Å². The van der Waals surface area contributed by atoms with Gasteiger partial charge in [0.05, 0.1) is 25.2 Å². The standard InChI is InChI=1S/C14H20N4OS.C2HF3O2/c1-3-19-9-11-6-18(8-13-15-4-5-20-13)7-12-14(11)17(2)10-16-12;3-2(4,5)1(6)7/h4-5,10-11H,3,6-9H2,1-2H3;(H,6,7). The Hall–Kier alpha value is -1.98. The molecule has 7 nitrogen and oxygen atoms in total. The molecule has 0 aliphatic carbocycles. The van der Waals surface area contributed by atoms with E-state index in [0.717, 1.165) is 32.8 Å². The molecule has 0 spiro atoms. The van der Waals surface area contributed by atoms with Crippen molar-refractivity contribution in [2.24, 2.45) is 7.05 Å². The van der Waals surface area contributed by atoms with Crippen LogP contribution in [0.5, 0.6) is 0 Å². The fourth-order valence-electron chi connectivity index (χ4n) is 2.84. The number of imidazole rings is 1.